The summed E-state index contributed by atoms with van der Waals surface area (Å²) in [6.45, 7) is 7.83. The summed E-state index contributed by atoms with van der Waals surface area (Å²) in [6, 6.07) is 13.2. The van der Waals surface area contributed by atoms with E-state index in [1.54, 1.807) is 24.3 Å². The van der Waals surface area contributed by atoms with E-state index in [4.69, 9.17) is 17.0 Å². The summed E-state index contributed by atoms with van der Waals surface area (Å²) in [5.74, 6) is -0.275. The number of anilines is 1. The zero-order chi connectivity index (χ0) is 22.3. The summed E-state index contributed by atoms with van der Waals surface area (Å²) in [5.41, 5.74) is 1.56. The zero-order valence-electron chi connectivity index (χ0n) is 17.4. The fraction of sp³-hybridized carbons (Fsp3) is 0.333. The molecular weight excluding hydrogens is 404 g/mol. The van der Waals surface area contributed by atoms with Crippen LogP contribution in [-0.4, -0.2) is 34.3 Å². The van der Waals surface area contributed by atoms with E-state index in [0.29, 0.717) is 11.3 Å². The maximum Gasteiger partial charge on any atom is 0.271 e. The molecule has 160 valence electrons. The highest BCUT2D eigenvalue weighted by atomic mass is 32.1. The maximum atomic E-state index is 12.6. The van der Waals surface area contributed by atoms with E-state index in [1.807, 2.05) is 39.8 Å². The number of aryl methyl sites for hydroxylation is 1. The minimum Gasteiger partial charge on any atom is -0.372 e. The highest BCUT2D eigenvalue weighted by Gasteiger charge is 2.19. The van der Waals surface area contributed by atoms with Gasteiger partial charge in [0.2, 0.25) is 0 Å². The normalized spacial score (nSPS) is 12.0. The summed E-state index contributed by atoms with van der Waals surface area (Å²) < 4.78 is 5.80. The van der Waals surface area contributed by atoms with Gasteiger partial charge < -0.3 is 20.7 Å². The molecule has 0 spiro atoms. The van der Waals surface area contributed by atoms with Crippen LogP contribution in [0.15, 0.2) is 48.5 Å². The number of carbonyl (C=O) groups excluding carboxylic acids is 1. The van der Waals surface area contributed by atoms with Crippen molar-refractivity contribution < 1.29 is 14.5 Å². The SMILES string of the molecule is Cc1ccc(C(=O)NC(COC(C)(C)C)NC(=S)Nc2cccc([N+](=O)[O-])c2)cc1. The number of nitro groups is 1. The molecule has 2 rings (SSSR count). The van der Waals surface area contributed by atoms with Gasteiger partial charge in [-0.2, -0.15) is 0 Å². The van der Waals surface area contributed by atoms with Crippen LogP contribution >= 0.6 is 12.2 Å². The molecule has 0 aliphatic heterocycles. The number of hydrogen-bond acceptors (Lipinski definition) is 5. The fourth-order valence-electron chi connectivity index (χ4n) is 2.42. The van der Waals surface area contributed by atoms with Crippen molar-refractivity contribution in [2.45, 2.75) is 39.5 Å². The van der Waals surface area contributed by atoms with Gasteiger partial charge in [0.25, 0.3) is 11.6 Å². The molecule has 0 aromatic heterocycles. The van der Waals surface area contributed by atoms with Crippen molar-refractivity contribution in [1.29, 1.82) is 0 Å². The molecule has 0 bridgehead atoms. The van der Waals surface area contributed by atoms with Gasteiger partial charge >= 0.3 is 0 Å². The van der Waals surface area contributed by atoms with E-state index in [0.717, 1.165) is 5.56 Å². The lowest BCUT2D eigenvalue weighted by Crippen LogP contribution is -2.52. The van der Waals surface area contributed by atoms with Gasteiger partial charge in [0.1, 0.15) is 6.17 Å². The van der Waals surface area contributed by atoms with Gasteiger partial charge in [-0.25, -0.2) is 0 Å². The third-order valence-corrected chi connectivity index (χ3v) is 4.14. The summed E-state index contributed by atoms with van der Waals surface area (Å²) in [7, 11) is 0. The molecule has 1 amide bonds. The number of benzene rings is 2. The van der Waals surface area contributed by atoms with E-state index in [2.05, 4.69) is 16.0 Å². The Balaban J connectivity index is 2.07. The molecule has 2 aromatic rings. The van der Waals surface area contributed by atoms with Crippen molar-refractivity contribution in [3.05, 3.63) is 69.8 Å². The number of nitrogens with zero attached hydrogens (tertiary/aromatic N) is 1. The molecule has 0 saturated carbocycles. The average molecular weight is 431 g/mol. The van der Waals surface area contributed by atoms with Crippen molar-refractivity contribution in [2.75, 3.05) is 11.9 Å². The second-order valence-electron chi connectivity index (χ2n) is 7.72. The molecule has 1 unspecified atom stereocenters. The van der Waals surface area contributed by atoms with E-state index < -0.39 is 16.7 Å². The predicted octanol–water partition coefficient (Wildman–Crippen LogP) is 3.76. The Morgan fingerprint density at radius 2 is 1.83 bits per heavy atom. The predicted molar refractivity (Wildman–Crippen MR) is 121 cm³/mol. The topological polar surface area (TPSA) is 106 Å². The van der Waals surface area contributed by atoms with Crippen molar-refractivity contribution in [3.63, 3.8) is 0 Å². The lowest BCUT2D eigenvalue weighted by molar-refractivity contribution is -0.384. The Labute approximate surface area is 181 Å². The van der Waals surface area contributed by atoms with Crippen molar-refractivity contribution in [3.8, 4) is 0 Å². The standard InChI is InChI=1S/C21H26N4O4S/c1-14-8-10-15(11-9-14)19(26)23-18(13-29-21(2,3)4)24-20(30)22-16-6-5-7-17(12-16)25(27)28/h5-12,18H,13H2,1-4H3,(H,23,26)(H2,22,24,30). The quantitative estimate of drug-likeness (QED) is 0.266. The number of rotatable bonds is 7. The van der Waals surface area contributed by atoms with Gasteiger partial charge in [-0.3, -0.25) is 14.9 Å². The number of amides is 1. The van der Waals surface area contributed by atoms with E-state index in [1.165, 1.54) is 12.1 Å². The van der Waals surface area contributed by atoms with Gasteiger partial charge in [-0.05, 0) is 58.1 Å². The van der Waals surface area contributed by atoms with Crippen molar-refractivity contribution in [1.82, 2.24) is 10.6 Å². The van der Waals surface area contributed by atoms with Gasteiger partial charge in [0, 0.05) is 23.4 Å². The molecular formula is C21H26N4O4S. The van der Waals surface area contributed by atoms with E-state index in [9.17, 15) is 14.9 Å². The first-order chi connectivity index (χ1) is 14.0. The number of nitrogens with one attached hydrogen (secondary N) is 3. The van der Waals surface area contributed by atoms with Crippen LogP contribution in [0.1, 0.15) is 36.7 Å². The maximum absolute atomic E-state index is 12.6. The van der Waals surface area contributed by atoms with Gasteiger partial charge in [-0.15, -0.1) is 0 Å². The second-order valence-corrected chi connectivity index (χ2v) is 8.13. The molecule has 8 nitrogen and oxygen atoms in total. The third kappa shape index (κ3) is 7.76. The van der Waals surface area contributed by atoms with Gasteiger partial charge in [0.15, 0.2) is 5.11 Å². The highest BCUT2D eigenvalue weighted by Crippen LogP contribution is 2.17. The lowest BCUT2D eigenvalue weighted by Gasteiger charge is -2.27. The van der Waals surface area contributed by atoms with Crippen LogP contribution in [0.3, 0.4) is 0 Å². The van der Waals surface area contributed by atoms with Crippen LogP contribution in [0.4, 0.5) is 11.4 Å². The Bertz CT molecular complexity index is 910. The molecule has 30 heavy (non-hydrogen) atoms. The summed E-state index contributed by atoms with van der Waals surface area (Å²) in [4.78, 5) is 23.1. The minimum atomic E-state index is -0.614. The number of nitro benzene ring substituents is 1. The van der Waals surface area contributed by atoms with Crippen LogP contribution in [0.2, 0.25) is 0 Å². The van der Waals surface area contributed by atoms with Crippen LogP contribution in [0, 0.1) is 17.0 Å². The molecule has 0 saturated heterocycles. The number of carbonyl (C=O) groups is 1. The number of hydrogen-bond donors (Lipinski definition) is 3. The zero-order valence-corrected chi connectivity index (χ0v) is 18.2. The van der Waals surface area contributed by atoms with E-state index >= 15 is 0 Å². The van der Waals surface area contributed by atoms with Crippen LogP contribution in [-0.2, 0) is 4.74 Å². The smallest absolute Gasteiger partial charge is 0.271 e. The Hall–Kier alpha value is -3.04. The second kappa shape index (κ2) is 10.1. The summed E-state index contributed by atoms with van der Waals surface area (Å²) in [6.07, 6.45) is -0.614. The molecule has 0 heterocycles. The Morgan fingerprint density at radius 3 is 2.43 bits per heavy atom. The Morgan fingerprint density at radius 1 is 1.17 bits per heavy atom. The third-order valence-electron chi connectivity index (χ3n) is 3.92. The molecule has 0 radical (unpaired) electrons. The molecule has 2 aromatic carbocycles. The number of thiocarbonyl (C=S) groups is 1. The van der Waals surface area contributed by atoms with Crippen LogP contribution in [0.25, 0.3) is 0 Å². The Kier molecular flexibility index (Phi) is 7.85. The van der Waals surface area contributed by atoms with Crippen LogP contribution < -0.4 is 16.0 Å². The fourth-order valence-corrected chi connectivity index (χ4v) is 2.68. The number of non-ortho nitro benzene ring substituents is 1. The first kappa shape index (κ1) is 23.2. The number of ether oxygens (including phenoxy) is 1. The van der Waals surface area contributed by atoms with Gasteiger partial charge in [-0.1, -0.05) is 23.8 Å². The van der Waals surface area contributed by atoms with Gasteiger partial charge in [0.05, 0.1) is 17.1 Å². The molecule has 3 N–H and O–H groups in total. The monoisotopic (exact) mass is 430 g/mol. The molecule has 0 fully saturated rings. The summed E-state index contributed by atoms with van der Waals surface area (Å²) in [5, 5.41) is 19.9. The van der Waals surface area contributed by atoms with Crippen molar-refractivity contribution >= 4 is 34.6 Å². The highest BCUT2D eigenvalue weighted by molar-refractivity contribution is 7.80. The first-order valence-corrected chi connectivity index (χ1v) is 9.78. The first-order valence-electron chi connectivity index (χ1n) is 9.37. The minimum absolute atomic E-state index is 0.0527. The summed E-state index contributed by atoms with van der Waals surface area (Å²) >= 11 is 5.32. The van der Waals surface area contributed by atoms with Crippen LogP contribution in [0.5, 0.6) is 0 Å². The molecule has 9 heteroatoms. The lowest BCUT2D eigenvalue weighted by atomic mass is 10.1. The molecule has 1 atom stereocenters. The molecule has 0 aliphatic rings. The molecule has 0 aliphatic carbocycles. The van der Waals surface area contributed by atoms with Crippen molar-refractivity contribution in [2.24, 2.45) is 0 Å². The largest absolute Gasteiger partial charge is 0.372 e. The van der Waals surface area contributed by atoms with E-state index in [-0.39, 0.29) is 23.3 Å². The average Bonchev–Trinajstić information content (AvgIpc) is 2.66.